The Balaban J connectivity index is 1.63. The molecule has 0 aliphatic carbocycles. The number of carbonyl (C=O) groups excluding carboxylic acids is 1. The van der Waals surface area contributed by atoms with Crippen LogP contribution in [0.5, 0.6) is 0 Å². The molecule has 1 amide bonds. The van der Waals surface area contributed by atoms with Gasteiger partial charge in [0.1, 0.15) is 0 Å². The van der Waals surface area contributed by atoms with Crippen LogP contribution in [-0.4, -0.2) is 21.2 Å². The number of nitrogens with zero attached hydrogens (tertiary/aromatic N) is 2. The number of thiophene rings is 1. The lowest BCUT2D eigenvalue weighted by Crippen LogP contribution is -2.24. The summed E-state index contributed by atoms with van der Waals surface area (Å²) in [5.41, 5.74) is 2.15. The van der Waals surface area contributed by atoms with Gasteiger partial charge in [-0.1, -0.05) is 49.7 Å². The number of nitrogens with one attached hydrogen (secondary N) is 1. The first-order chi connectivity index (χ1) is 12.3. The van der Waals surface area contributed by atoms with Crippen molar-refractivity contribution in [2.75, 3.05) is 5.75 Å². The van der Waals surface area contributed by atoms with Crippen LogP contribution in [0.3, 0.4) is 0 Å². The van der Waals surface area contributed by atoms with Gasteiger partial charge in [0.2, 0.25) is 5.91 Å². The normalized spacial score (nSPS) is 11.1. The van der Waals surface area contributed by atoms with Gasteiger partial charge in [-0.3, -0.25) is 4.79 Å². The first kappa shape index (κ1) is 18.0. The van der Waals surface area contributed by atoms with Gasteiger partial charge in [-0.05, 0) is 30.0 Å². The van der Waals surface area contributed by atoms with E-state index in [1.165, 1.54) is 29.5 Å². The number of carbonyl (C=O) groups is 1. The van der Waals surface area contributed by atoms with E-state index in [0.29, 0.717) is 12.3 Å². The van der Waals surface area contributed by atoms with E-state index in [-0.39, 0.29) is 5.91 Å². The van der Waals surface area contributed by atoms with Crippen molar-refractivity contribution >= 4 is 40.0 Å². The average Bonchev–Trinajstić information content (AvgIpc) is 3.26. The summed E-state index contributed by atoms with van der Waals surface area (Å²) >= 11 is 3.18. The molecule has 0 aliphatic heterocycles. The summed E-state index contributed by atoms with van der Waals surface area (Å²) in [5, 5.41) is 5.93. The SMILES string of the molecule is CCCCCn1c(SCC(=O)NCc2cccs2)nc2ccccc21. The Morgan fingerprint density at radius 1 is 1.24 bits per heavy atom. The minimum Gasteiger partial charge on any atom is -0.350 e. The topological polar surface area (TPSA) is 46.9 Å². The maximum absolute atomic E-state index is 12.1. The van der Waals surface area contributed by atoms with Crippen molar-refractivity contribution in [1.29, 1.82) is 0 Å². The highest BCUT2D eigenvalue weighted by atomic mass is 32.2. The number of aryl methyl sites for hydroxylation is 1. The van der Waals surface area contributed by atoms with E-state index in [9.17, 15) is 4.79 Å². The molecule has 0 spiro atoms. The van der Waals surface area contributed by atoms with Gasteiger partial charge in [-0.15, -0.1) is 11.3 Å². The van der Waals surface area contributed by atoms with Gasteiger partial charge >= 0.3 is 0 Å². The summed E-state index contributed by atoms with van der Waals surface area (Å²) in [7, 11) is 0. The van der Waals surface area contributed by atoms with E-state index in [1.54, 1.807) is 11.3 Å². The second-order valence-electron chi connectivity index (χ2n) is 5.89. The van der Waals surface area contributed by atoms with Crippen LogP contribution in [0.25, 0.3) is 11.0 Å². The number of hydrogen-bond acceptors (Lipinski definition) is 4. The predicted molar refractivity (Wildman–Crippen MR) is 106 cm³/mol. The molecule has 0 atom stereocenters. The Morgan fingerprint density at radius 2 is 2.12 bits per heavy atom. The average molecular weight is 374 g/mol. The summed E-state index contributed by atoms with van der Waals surface area (Å²) in [6.45, 7) is 3.76. The number of amides is 1. The fraction of sp³-hybridized carbons (Fsp3) is 0.368. The number of para-hydroxylation sites is 2. The van der Waals surface area contributed by atoms with Gasteiger partial charge in [0, 0.05) is 11.4 Å². The number of unbranched alkanes of at least 4 members (excludes halogenated alkanes) is 2. The van der Waals surface area contributed by atoms with Crippen molar-refractivity contribution in [1.82, 2.24) is 14.9 Å². The van der Waals surface area contributed by atoms with Crippen molar-refractivity contribution in [3.8, 4) is 0 Å². The molecule has 0 radical (unpaired) electrons. The molecule has 0 aliphatic rings. The molecule has 0 fully saturated rings. The quantitative estimate of drug-likeness (QED) is 0.437. The maximum Gasteiger partial charge on any atom is 0.230 e. The monoisotopic (exact) mass is 373 g/mol. The summed E-state index contributed by atoms with van der Waals surface area (Å²) < 4.78 is 2.25. The third-order valence-corrected chi connectivity index (χ3v) is 5.83. The highest BCUT2D eigenvalue weighted by molar-refractivity contribution is 7.99. The molecule has 4 nitrogen and oxygen atoms in total. The summed E-state index contributed by atoms with van der Waals surface area (Å²) in [5.74, 6) is 0.438. The molecular formula is C19H23N3OS2. The van der Waals surface area contributed by atoms with Crippen LogP contribution < -0.4 is 5.32 Å². The van der Waals surface area contributed by atoms with Crippen LogP contribution >= 0.6 is 23.1 Å². The molecule has 25 heavy (non-hydrogen) atoms. The number of hydrogen-bond donors (Lipinski definition) is 1. The van der Waals surface area contributed by atoms with E-state index < -0.39 is 0 Å². The Morgan fingerprint density at radius 3 is 2.92 bits per heavy atom. The fourth-order valence-electron chi connectivity index (χ4n) is 2.68. The van der Waals surface area contributed by atoms with E-state index >= 15 is 0 Å². The summed E-state index contributed by atoms with van der Waals surface area (Å²) in [4.78, 5) is 18.0. The van der Waals surface area contributed by atoms with Gasteiger partial charge in [-0.2, -0.15) is 0 Å². The standard InChI is InChI=1S/C19H23N3OS2/c1-2-3-6-11-22-17-10-5-4-9-16(17)21-19(22)25-14-18(23)20-13-15-8-7-12-24-15/h4-5,7-10,12H,2-3,6,11,13-14H2,1H3,(H,20,23). The molecule has 0 bridgehead atoms. The van der Waals surface area contributed by atoms with Crippen LogP contribution in [0.15, 0.2) is 46.9 Å². The van der Waals surface area contributed by atoms with Crippen molar-refractivity contribution < 1.29 is 4.79 Å². The zero-order valence-electron chi connectivity index (χ0n) is 14.4. The van der Waals surface area contributed by atoms with Gasteiger partial charge in [0.15, 0.2) is 5.16 Å². The van der Waals surface area contributed by atoms with E-state index in [0.717, 1.165) is 29.2 Å². The molecule has 2 aromatic heterocycles. The fourth-order valence-corrected chi connectivity index (χ4v) is 4.19. The van der Waals surface area contributed by atoms with Crippen LogP contribution in [0.1, 0.15) is 31.1 Å². The second kappa shape index (κ2) is 9.06. The van der Waals surface area contributed by atoms with Crippen molar-refractivity contribution in [3.63, 3.8) is 0 Å². The van der Waals surface area contributed by atoms with E-state index in [4.69, 9.17) is 4.98 Å². The molecular weight excluding hydrogens is 350 g/mol. The molecule has 1 aromatic carbocycles. The maximum atomic E-state index is 12.1. The Hall–Kier alpha value is -1.79. The van der Waals surface area contributed by atoms with Crippen molar-refractivity contribution in [3.05, 3.63) is 46.7 Å². The zero-order chi connectivity index (χ0) is 17.5. The minimum atomic E-state index is 0.0468. The van der Waals surface area contributed by atoms with Crippen molar-refractivity contribution in [2.24, 2.45) is 0 Å². The largest absolute Gasteiger partial charge is 0.350 e. The number of fused-ring (bicyclic) bond motifs is 1. The number of benzene rings is 1. The minimum absolute atomic E-state index is 0.0468. The van der Waals surface area contributed by atoms with Crippen LogP contribution in [0.4, 0.5) is 0 Å². The number of rotatable bonds is 9. The molecule has 132 valence electrons. The third-order valence-electron chi connectivity index (χ3n) is 3.98. The van der Waals surface area contributed by atoms with Crippen LogP contribution in [0.2, 0.25) is 0 Å². The molecule has 0 saturated heterocycles. The first-order valence-electron chi connectivity index (χ1n) is 8.65. The number of thioether (sulfide) groups is 1. The van der Waals surface area contributed by atoms with E-state index in [2.05, 4.69) is 22.9 Å². The molecule has 6 heteroatoms. The molecule has 1 N–H and O–H groups in total. The lowest BCUT2D eigenvalue weighted by Gasteiger charge is -2.08. The Labute approximate surface area is 156 Å². The lowest BCUT2D eigenvalue weighted by molar-refractivity contribution is -0.118. The summed E-state index contributed by atoms with van der Waals surface area (Å²) in [6.07, 6.45) is 3.53. The molecule has 2 heterocycles. The zero-order valence-corrected chi connectivity index (χ0v) is 16.0. The molecule has 0 unspecified atom stereocenters. The highest BCUT2D eigenvalue weighted by Gasteiger charge is 2.12. The Bertz CT molecular complexity index is 811. The van der Waals surface area contributed by atoms with Gasteiger partial charge in [0.25, 0.3) is 0 Å². The van der Waals surface area contributed by atoms with Crippen LogP contribution in [0, 0.1) is 0 Å². The molecule has 3 aromatic rings. The highest BCUT2D eigenvalue weighted by Crippen LogP contribution is 2.24. The Kier molecular flexibility index (Phi) is 6.53. The molecule has 0 saturated carbocycles. The van der Waals surface area contributed by atoms with Gasteiger partial charge in [0.05, 0.1) is 23.3 Å². The number of imidazole rings is 1. The van der Waals surface area contributed by atoms with Gasteiger partial charge in [-0.25, -0.2) is 4.98 Å². The number of aromatic nitrogens is 2. The van der Waals surface area contributed by atoms with Gasteiger partial charge < -0.3 is 9.88 Å². The molecule has 3 rings (SSSR count). The predicted octanol–water partition coefficient (Wildman–Crippen LogP) is 4.70. The third kappa shape index (κ3) is 4.86. The smallest absolute Gasteiger partial charge is 0.230 e. The lowest BCUT2D eigenvalue weighted by atomic mass is 10.2. The van der Waals surface area contributed by atoms with Crippen LogP contribution in [-0.2, 0) is 17.9 Å². The summed E-state index contributed by atoms with van der Waals surface area (Å²) in [6, 6.07) is 12.2. The van der Waals surface area contributed by atoms with Crippen molar-refractivity contribution in [2.45, 2.75) is 44.4 Å². The van der Waals surface area contributed by atoms with E-state index in [1.807, 2.05) is 35.7 Å². The first-order valence-corrected chi connectivity index (χ1v) is 10.5. The second-order valence-corrected chi connectivity index (χ2v) is 7.86.